The van der Waals surface area contributed by atoms with Crippen molar-refractivity contribution in [2.45, 2.75) is 72.4 Å². The first-order valence-electron chi connectivity index (χ1n) is 14.8. The molecule has 6 atom stereocenters. The van der Waals surface area contributed by atoms with E-state index in [9.17, 15) is 0 Å². The summed E-state index contributed by atoms with van der Waals surface area (Å²) >= 11 is 3.76. The first-order valence-corrected chi connectivity index (χ1v) is 16.6. The summed E-state index contributed by atoms with van der Waals surface area (Å²) in [7, 11) is 3.75. The number of para-hydroxylation sites is 1. The van der Waals surface area contributed by atoms with Crippen molar-refractivity contribution in [3.8, 4) is 11.5 Å². The lowest BCUT2D eigenvalue weighted by atomic mass is 9.35. The van der Waals surface area contributed by atoms with Gasteiger partial charge in [-0.25, -0.2) is 4.98 Å². The summed E-state index contributed by atoms with van der Waals surface area (Å²) in [6, 6.07) is 13.6. The number of aromatic nitrogens is 1. The molecule has 7 heteroatoms. The lowest BCUT2D eigenvalue weighted by molar-refractivity contribution is -0.273. The lowest BCUT2D eigenvalue weighted by Crippen LogP contribution is -2.81. The Morgan fingerprint density at radius 1 is 1.13 bits per heavy atom. The van der Waals surface area contributed by atoms with Crippen LogP contribution in [0.15, 0.2) is 40.7 Å². The van der Waals surface area contributed by atoms with Crippen molar-refractivity contribution in [2.75, 3.05) is 33.1 Å². The predicted molar refractivity (Wildman–Crippen MR) is 155 cm³/mol. The second-order valence-electron chi connectivity index (χ2n) is 13.0. The number of thiazole rings is 1. The Morgan fingerprint density at radius 2 is 2.03 bits per heavy atom. The van der Waals surface area contributed by atoms with Crippen LogP contribution in [0.1, 0.15) is 49.7 Å². The van der Waals surface area contributed by atoms with Gasteiger partial charge in [-0.3, -0.25) is 4.90 Å². The van der Waals surface area contributed by atoms with Crippen molar-refractivity contribution in [1.82, 2.24) is 9.88 Å². The van der Waals surface area contributed by atoms with Crippen LogP contribution in [0.3, 0.4) is 0 Å². The number of ether oxygens (including phenoxy) is 3. The second-order valence-corrected chi connectivity index (χ2v) is 15.3. The maximum absolute atomic E-state index is 7.19. The summed E-state index contributed by atoms with van der Waals surface area (Å²) in [5.74, 6) is 4.30. The molecule has 7 aliphatic rings. The van der Waals surface area contributed by atoms with Gasteiger partial charge in [-0.1, -0.05) is 30.0 Å². The third-order valence-electron chi connectivity index (χ3n) is 11.7. The monoisotopic (exact) mass is 560 g/mol. The van der Waals surface area contributed by atoms with Crippen molar-refractivity contribution in [2.24, 2.45) is 17.3 Å². The van der Waals surface area contributed by atoms with Gasteiger partial charge in [0.05, 0.1) is 17.3 Å². The van der Waals surface area contributed by atoms with Gasteiger partial charge in [-0.2, -0.15) is 0 Å². The summed E-state index contributed by atoms with van der Waals surface area (Å²) in [5.41, 5.74) is 4.08. The van der Waals surface area contributed by atoms with Gasteiger partial charge in [-0.05, 0) is 81.2 Å². The SMILES string of the molecule is COc1ccc2c3c1O[C@H]1[C@@]4(OC)CC[C@@]5(C[C@@H]4CSc4nc6ccccc6s4)[C@@H](C2)N(CC2CC2)CC[C@]315. The Hall–Kier alpha value is -1.80. The average molecular weight is 561 g/mol. The Kier molecular flexibility index (Phi) is 4.98. The van der Waals surface area contributed by atoms with Gasteiger partial charge in [-0.15, -0.1) is 11.3 Å². The second kappa shape index (κ2) is 8.15. The smallest absolute Gasteiger partial charge is 0.165 e. The van der Waals surface area contributed by atoms with E-state index in [0.717, 1.165) is 41.5 Å². The number of hydrogen-bond donors (Lipinski definition) is 0. The molecule has 5 aliphatic carbocycles. The quantitative estimate of drug-likeness (QED) is 0.315. The average Bonchev–Trinajstić information content (AvgIpc) is 3.56. The normalized spacial score (nSPS) is 37.6. The van der Waals surface area contributed by atoms with E-state index in [2.05, 4.69) is 41.3 Å². The number of benzene rings is 2. The van der Waals surface area contributed by atoms with E-state index in [4.69, 9.17) is 19.2 Å². The number of fused-ring (bicyclic) bond motifs is 3. The number of methoxy groups -OCH3 is 2. The van der Waals surface area contributed by atoms with Gasteiger partial charge in [0.1, 0.15) is 11.7 Å². The molecule has 4 saturated carbocycles. The first-order chi connectivity index (χ1) is 19.1. The first kappa shape index (κ1) is 23.9. The standard InChI is InChI=1S/C32H36N2O3S2/c1-35-23-10-9-20-15-25-30-11-12-32(36-2,21(16-30)18-38-29-33-22-5-3-4-6-24(22)39-29)28-31(30,26(20)27(23)37-28)13-14-34(25)17-19-7-8-19/h3-6,9-10,19,21,25,28H,7-8,11-18H2,1-2H3/t21-,25-,28-,30-,31+,32-/m1/s1. The molecule has 3 heterocycles. The van der Waals surface area contributed by atoms with Crippen LogP contribution in [0.25, 0.3) is 10.2 Å². The molecule has 204 valence electrons. The molecule has 0 radical (unpaired) electrons. The fraction of sp³-hybridized carbons (Fsp3) is 0.594. The van der Waals surface area contributed by atoms with Gasteiger partial charge < -0.3 is 14.2 Å². The Labute approximate surface area is 238 Å². The minimum atomic E-state index is -0.284. The molecular weight excluding hydrogens is 524 g/mol. The van der Waals surface area contributed by atoms with Crippen LogP contribution in [0, 0.1) is 17.3 Å². The fourth-order valence-corrected chi connectivity index (χ4v) is 12.3. The van der Waals surface area contributed by atoms with Gasteiger partial charge >= 0.3 is 0 Å². The molecule has 1 aromatic heterocycles. The summed E-state index contributed by atoms with van der Waals surface area (Å²) in [5, 5.41) is 0. The van der Waals surface area contributed by atoms with E-state index < -0.39 is 0 Å². The number of piperidine rings is 1. The molecule has 0 N–H and O–H groups in total. The molecule has 5 nitrogen and oxygen atoms in total. The maximum Gasteiger partial charge on any atom is 0.165 e. The van der Waals surface area contributed by atoms with Crippen LogP contribution in [0.2, 0.25) is 0 Å². The lowest BCUT2D eigenvalue weighted by Gasteiger charge is -2.74. The van der Waals surface area contributed by atoms with Crippen molar-refractivity contribution in [3.63, 3.8) is 0 Å². The molecule has 2 spiro atoms. The van der Waals surface area contributed by atoms with Gasteiger partial charge in [0, 0.05) is 47.8 Å². The van der Waals surface area contributed by atoms with Crippen molar-refractivity contribution >= 4 is 33.3 Å². The fourth-order valence-electron chi connectivity index (χ4n) is 9.98. The highest BCUT2D eigenvalue weighted by atomic mass is 32.2. The van der Waals surface area contributed by atoms with Crippen LogP contribution >= 0.6 is 23.1 Å². The topological polar surface area (TPSA) is 43.8 Å². The highest BCUT2D eigenvalue weighted by Gasteiger charge is 2.80. The summed E-state index contributed by atoms with van der Waals surface area (Å²) < 4.78 is 22.3. The van der Waals surface area contributed by atoms with Crippen molar-refractivity contribution in [1.29, 1.82) is 0 Å². The van der Waals surface area contributed by atoms with E-state index in [1.807, 2.05) is 30.2 Å². The van der Waals surface area contributed by atoms with Crippen LogP contribution in [-0.4, -0.2) is 60.7 Å². The van der Waals surface area contributed by atoms with Gasteiger partial charge in [0.15, 0.2) is 15.8 Å². The molecule has 2 aromatic carbocycles. The van der Waals surface area contributed by atoms with Crippen LogP contribution in [0.5, 0.6) is 11.5 Å². The number of thioether (sulfide) groups is 1. The number of nitrogens with zero attached hydrogens (tertiary/aromatic N) is 2. The minimum Gasteiger partial charge on any atom is -0.493 e. The highest BCUT2D eigenvalue weighted by Crippen LogP contribution is 2.77. The van der Waals surface area contributed by atoms with Crippen LogP contribution in [0.4, 0.5) is 0 Å². The Balaban J connectivity index is 1.16. The number of likely N-dealkylation sites (tertiary alicyclic amines) is 1. The molecule has 4 bridgehead atoms. The van der Waals surface area contributed by atoms with Crippen molar-refractivity contribution in [3.05, 3.63) is 47.5 Å². The van der Waals surface area contributed by atoms with Gasteiger partial charge in [0.2, 0.25) is 0 Å². The third-order valence-corrected chi connectivity index (χ3v) is 14.0. The Morgan fingerprint density at radius 3 is 2.85 bits per heavy atom. The zero-order valence-corrected chi connectivity index (χ0v) is 24.4. The number of hydrogen-bond acceptors (Lipinski definition) is 7. The maximum atomic E-state index is 7.19. The Bertz CT molecular complexity index is 1450. The zero-order chi connectivity index (χ0) is 26.0. The summed E-state index contributed by atoms with van der Waals surface area (Å²) in [4.78, 5) is 7.89. The molecule has 0 unspecified atom stereocenters. The molecule has 2 aliphatic heterocycles. The minimum absolute atomic E-state index is 0.0282. The van der Waals surface area contributed by atoms with Crippen LogP contribution in [-0.2, 0) is 16.6 Å². The third kappa shape index (κ3) is 2.93. The zero-order valence-electron chi connectivity index (χ0n) is 22.8. The van der Waals surface area contributed by atoms with Crippen molar-refractivity contribution < 1.29 is 14.2 Å². The van der Waals surface area contributed by atoms with Gasteiger partial charge in [0.25, 0.3) is 0 Å². The molecular formula is C32H36N2O3S2. The van der Waals surface area contributed by atoms with E-state index in [1.54, 1.807) is 7.11 Å². The number of rotatable bonds is 7. The largest absolute Gasteiger partial charge is 0.493 e. The van der Waals surface area contributed by atoms with E-state index >= 15 is 0 Å². The molecule has 1 saturated heterocycles. The molecule has 3 aromatic rings. The molecule has 5 fully saturated rings. The van der Waals surface area contributed by atoms with E-state index in [0.29, 0.717) is 12.0 Å². The van der Waals surface area contributed by atoms with Crippen LogP contribution < -0.4 is 9.47 Å². The molecule has 0 amide bonds. The molecule has 10 rings (SSSR count). The molecule has 39 heavy (non-hydrogen) atoms. The summed E-state index contributed by atoms with van der Waals surface area (Å²) in [6.45, 7) is 2.47. The predicted octanol–water partition coefficient (Wildman–Crippen LogP) is 6.32. The van der Waals surface area contributed by atoms with E-state index in [1.165, 1.54) is 65.4 Å². The van der Waals surface area contributed by atoms with E-state index in [-0.39, 0.29) is 22.5 Å². The summed E-state index contributed by atoms with van der Waals surface area (Å²) in [6.07, 6.45) is 8.75. The highest BCUT2D eigenvalue weighted by molar-refractivity contribution is 8.01.